The number of hydrogen-bond donors (Lipinski definition) is 1. The molecule has 0 unspecified atom stereocenters. The monoisotopic (exact) mass is 414 g/mol. The summed E-state index contributed by atoms with van der Waals surface area (Å²) in [7, 11) is 0. The molecule has 4 rings (SSSR count). The van der Waals surface area contributed by atoms with Crippen LogP contribution in [0.2, 0.25) is 0 Å². The van der Waals surface area contributed by atoms with E-state index in [0.717, 1.165) is 28.7 Å². The molecule has 1 aromatic carbocycles. The van der Waals surface area contributed by atoms with Crippen molar-refractivity contribution in [1.82, 2.24) is 24.8 Å². The molecule has 2 heterocycles. The van der Waals surface area contributed by atoms with Gasteiger partial charge >= 0.3 is 0 Å². The molecule has 0 bridgehead atoms. The Balaban J connectivity index is 1.59. The van der Waals surface area contributed by atoms with E-state index in [9.17, 15) is 4.79 Å². The van der Waals surface area contributed by atoms with Crippen molar-refractivity contribution in [3.05, 3.63) is 46.7 Å². The van der Waals surface area contributed by atoms with Crippen molar-refractivity contribution in [3.63, 3.8) is 0 Å². The number of anilines is 1. The van der Waals surface area contributed by atoms with Crippen LogP contribution in [0.15, 0.2) is 41.0 Å². The van der Waals surface area contributed by atoms with E-state index in [1.165, 1.54) is 0 Å². The quantitative estimate of drug-likeness (QED) is 0.682. The van der Waals surface area contributed by atoms with E-state index in [1.807, 2.05) is 59.6 Å². The maximum absolute atomic E-state index is 12.7. The summed E-state index contributed by atoms with van der Waals surface area (Å²) < 4.78 is 4.69. The minimum Gasteiger partial charge on any atom is -0.340 e. The van der Waals surface area contributed by atoms with Crippen LogP contribution in [0.25, 0.3) is 11.4 Å². The van der Waals surface area contributed by atoms with Crippen LogP contribution in [0.3, 0.4) is 0 Å². The SMILES string of the molecule is CC(C)n1cc(Br)cc1C(=O)Nc1cccc(-c2nnnn2C2CC2)c1. The highest BCUT2D eigenvalue weighted by Gasteiger charge is 2.28. The van der Waals surface area contributed by atoms with Crippen LogP contribution in [0.4, 0.5) is 5.69 Å². The zero-order valence-electron chi connectivity index (χ0n) is 14.6. The molecule has 1 N–H and O–H groups in total. The Kier molecular flexibility index (Phi) is 4.36. The van der Waals surface area contributed by atoms with Gasteiger partial charge in [0.25, 0.3) is 5.91 Å². The number of carbonyl (C=O) groups is 1. The van der Waals surface area contributed by atoms with Crippen LogP contribution >= 0.6 is 15.9 Å². The summed E-state index contributed by atoms with van der Waals surface area (Å²) in [5.74, 6) is 0.584. The summed E-state index contributed by atoms with van der Waals surface area (Å²) in [5.41, 5.74) is 2.21. The fourth-order valence-corrected chi connectivity index (χ4v) is 3.37. The van der Waals surface area contributed by atoms with Crippen LogP contribution in [0.1, 0.15) is 49.3 Å². The van der Waals surface area contributed by atoms with Gasteiger partial charge in [0, 0.05) is 28.0 Å². The van der Waals surface area contributed by atoms with Crippen LogP contribution < -0.4 is 5.32 Å². The second kappa shape index (κ2) is 6.68. The first-order chi connectivity index (χ1) is 12.5. The van der Waals surface area contributed by atoms with Gasteiger partial charge in [0.15, 0.2) is 5.82 Å². The highest BCUT2D eigenvalue weighted by molar-refractivity contribution is 9.10. The summed E-state index contributed by atoms with van der Waals surface area (Å²) in [4.78, 5) is 12.7. The van der Waals surface area contributed by atoms with Crippen molar-refractivity contribution in [2.24, 2.45) is 0 Å². The first-order valence-electron chi connectivity index (χ1n) is 8.60. The van der Waals surface area contributed by atoms with Crippen LogP contribution in [0.5, 0.6) is 0 Å². The third-order valence-electron chi connectivity index (χ3n) is 4.37. The molecule has 26 heavy (non-hydrogen) atoms. The molecule has 7 nitrogen and oxygen atoms in total. The van der Waals surface area contributed by atoms with E-state index < -0.39 is 0 Å². The molecular formula is C18H19BrN6O. The molecule has 1 aliphatic rings. The van der Waals surface area contributed by atoms with Crippen LogP contribution in [-0.4, -0.2) is 30.7 Å². The van der Waals surface area contributed by atoms with Gasteiger partial charge in [-0.2, -0.15) is 0 Å². The van der Waals surface area contributed by atoms with Crippen molar-refractivity contribution >= 4 is 27.5 Å². The predicted octanol–water partition coefficient (Wildman–Crippen LogP) is 4.07. The summed E-state index contributed by atoms with van der Waals surface area (Å²) in [6.45, 7) is 4.09. The number of halogens is 1. The Labute approximate surface area is 159 Å². The number of nitrogens with one attached hydrogen (secondary N) is 1. The van der Waals surface area contributed by atoms with E-state index in [4.69, 9.17) is 0 Å². The number of rotatable bonds is 5. The molecule has 1 aliphatic carbocycles. The fraction of sp³-hybridized carbons (Fsp3) is 0.333. The molecule has 0 atom stereocenters. The van der Waals surface area contributed by atoms with E-state index in [0.29, 0.717) is 17.4 Å². The Bertz CT molecular complexity index is 956. The number of benzene rings is 1. The Morgan fingerprint density at radius 2 is 2.12 bits per heavy atom. The Hall–Kier alpha value is -2.48. The molecule has 0 radical (unpaired) electrons. The Morgan fingerprint density at radius 1 is 1.31 bits per heavy atom. The summed E-state index contributed by atoms with van der Waals surface area (Å²) in [5, 5.41) is 15.0. The lowest BCUT2D eigenvalue weighted by Gasteiger charge is -2.13. The molecular weight excluding hydrogens is 396 g/mol. The number of hydrogen-bond acceptors (Lipinski definition) is 4. The fourth-order valence-electron chi connectivity index (χ4n) is 2.93. The Morgan fingerprint density at radius 3 is 2.85 bits per heavy atom. The van der Waals surface area contributed by atoms with Crippen molar-refractivity contribution in [3.8, 4) is 11.4 Å². The van der Waals surface area contributed by atoms with Gasteiger partial charge < -0.3 is 9.88 Å². The van der Waals surface area contributed by atoms with Gasteiger partial charge in [-0.3, -0.25) is 4.79 Å². The van der Waals surface area contributed by atoms with Gasteiger partial charge in [-0.25, -0.2) is 4.68 Å². The smallest absolute Gasteiger partial charge is 0.272 e. The van der Waals surface area contributed by atoms with Gasteiger partial charge in [-0.05, 0) is 71.2 Å². The lowest BCUT2D eigenvalue weighted by Crippen LogP contribution is -2.17. The van der Waals surface area contributed by atoms with Crippen molar-refractivity contribution in [2.45, 2.75) is 38.8 Å². The predicted molar refractivity (Wildman–Crippen MR) is 102 cm³/mol. The average molecular weight is 415 g/mol. The van der Waals surface area contributed by atoms with Crippen molar-refractivity contribution in [2.75, 3.05) is 5.32 Å². The molecule has 0 spiro atoms. The van der Waals surface area contributed by atoms with Gasteiger partial charge in [0.1, 0.15) is 5.69 Å². The molecule has 1 amide bonds. The largest absolute Gasteiger partial charge is 0.340 e. The van der Waals surface area contributed by atoms with E-state index in [2.05, 4.69) is 36.8 Å². The van der Waals surface area contributed by atoms with Crippen LogP contribution in [0, 0.1) is 0 Å². The zero-order chi connectivity index (χ0) is 18.3. The van der Waals surface area contributed by atoms with Gasteiger partial charge in [-0.1, -0.05) is 12.1 Å². The molecule has 1 saturated carbocycles. The lowest BCUT2D eigenvalue weighted by atomic mass is 10.2. The van der Waals surface area contributed by atoms with Crippen LogP contribution in [-0.2, 0) is 0 Å². The summed E-state index contributed by atoms with van der Waals surface area (Å²) in [6.07, 6.45) is 4.13. The maximum Gasteiger partial charge on any atom is 0.272 e. The maximum atomic E-state index is 12.7. The first kappa shape index (κ1) is 17.0. The molecule has 1 fully saturated rings. The average Bonchev–Trinajstić information content (AvgIpc) is 3.19. The number of amides is 1. The molecule has 0 saturated heterocycles. The minimum absolute atomic E-state index is 0.150. The molecule has 134 valence electrons. The number of tetrazole rings is 1. The second-order valence-corrected chi connectivity index (χ2v) is 7.67. The van der Waals surface area contributed by atoms with Gasteiger partial charge in [-0.15, -0.1) is 5.10 Å². The number of nitrogens with zero attached hydrogens (tertiary/aromatic N) is 5. The second-order valence-electron chi connectivity index (χ2n) is 6.76. The molecule has 0 aliphatic heterocycles. The normalized spacial score (nSPS) is 14.0. The first-order valence-corrected chi connectivity index (χ1v) is 9.39. The van der Waals surface area contributed by atoms with E-state index in [-0.39, 0.29) is 11.9 Å². The van der Waals surface area contributed by atoms with Crippen molar-refractivity contribution in [1.29, 1.82) is 0 Å². The molecule has 3 aromatic rings. The summed E-state index contributed by atoms with van der Waals surface area (Å²) >= 11 is 3.44. The molecule has 8 heteroatoms. The van der Waals surface area contributed by atoms with E-state index >= 15 is 0 Å². The lowest BCUT2D eigenvalue weighted by molar-refractivity contribution is 0.101. The van der Waals surface area contributed by atoms with Crippen molar-refractivity contribution < 1.29 is 4.79 Å². The van der Waals surface area contributed by atoms with Gasteiger partial charge in [0.2, 0.25) is 0 Å². The van der Waals surface area contributed by atoms with Gasteiger partial charge in [0.05, 0.1) is 6.04 Å². The highest BCUT2D eigenvalue weighted by atomic mass is 79.9. The van der Waals surface area contributed by atoms with E-state index in [1.54, 1.807) is 0 Å². The summed E-state index contributed by atoms with van der Waals surface area (Å²) in [6, 6.07) is 10.0. The topological polar surface area (TPSA) is 77.6 Å². The highest BCUT2D eigenvalue weighted by Crippen LogP contribution is 2.36. The standard InChI is InChI=1S/C18H19BrN6O/c1-11(2)24-10-13(19)9-16(24)18(26)20-14-5-3-4-12(8-14)17-21-22-23-25(17)15-6-7-15/h3-5,8-11,15H,6-7H2,1-2H3,(H,20,26). The minimum atomic E-state index is -0.150. The number of carbonyl (C=O) groups excluding carboxylic acids is 1. The third-order valence-corrected chi connectivity index (χ3v) is 4.80. The third kappa shape index (κ3) is 3.29. The zero-order valence-corrected chi connectivity index (χ0v) is 16.1. The molecule has 2 aromatic heterocycles. The number of aromatic nitrogens is 5.